The third-order valence-electron chi connectivity index (χ3n) is 3.02. The zero-order valence-electron chi connectivity index (χ0n) is 12.5. The van der Waals surface area contributed by atoms with Crippen molar-refractivity contribution in [3.63, 3.8) is 0 Å². The predicted molar refractivity (Wildman–Crippen MR) is 83.1 cm³/mol. The van der Waals surface area contributed by atoms with E-state index >= 15 is 0 Å². The van der Waals surface area contributed by atoms with Crippen molar-refractivity contribution in [2.24, 2.45) is 5.92 Å². The van der Waals surface area contributed by atoms with Gasteiger partial charge in [0.15, 0.2) is 0 Å². The first-order valence-corrected chi connectivity index (χ1v) is 7.76. The molecule has 114 valence electrons. The van der Waals surface area contributed by atoms with E-state index in [4.69, 9.17) is 0 Å². The lowest BCUT2D eigenvalue weighted by atomic mass is 10.1. The van der Waals surface area contributed by atoms with Gasteiger partial charge in [-0.1, -0.05) is 37.3 Å². The number of benzene rings is 1. The van der Waals surface area contributed by atoms with Crippen LogP contribution in [0, 0.1) is 18.7 Å². The van der Waals surface area contributed by atoms with Crippen LogP contribution in [0.1, 0.15) is 30.5 Å². The molecule has 0 aliphatic heterocycles. The largest absolute Gasteiger partial charge is 0.387 e. The summed E-state index contributed by atoms with van der Waals surface area (Å²) in [5, 5.41) is 20.2. The molecule has 4 nitrogen and oxygen atoms in total. The minimum atomic E-state index is -0.687. The molecule has 1 atom stereocenters. The highest BCUT2D eigenvalue weighted by Crippen LogP contribution is 2.24. The Hall–Kier alpha value is -1.53. The van der Waals surface area contributed by atoms with E-state index in [9.17, 15) is 9.50 Å². The normalized spacial score (nSPS) is 12.7. The van der Waals surface area contributed by atoms with E-state index in [1.807, 2.05) is 11.8 Å². The van der Waals surface area contributed by atoms with Gasteiger partial charge in [0, 0.05) is 6.54 Å². The van der Waals surface area contributed by atoms with Crippen LogP contribution in [0.2, 0.25) is 0 Å². The quantitative estimate of drug-likeness (QED) is 0.890. The molecule has 0 fully saturated rings. The van der Waals surface area contributed by atoms with Crippen LogP contribution in [-0.2, 0) is 0 Å². The Morgan fingerprint density at radius 1 is 1.19 bits per heavy atom. The van der Waals surface area contributed by atoms with Crippen LogP contribution in [0.5, 0.6) is 0 Å². The molecule has 0 radical (unpaired) electrons. The van der Waals surface area contributed by atoms with E-state index in [2.05, 4.69) is 24.0 Å². The number of halogens is 1. The molecule has 0 aliphatic rings. The Morgan fingerprint density at radius 3 is 2.38 bits per heavy atom. The fourth-order valence-electron chi connectivity index (χ4n) is 2.08. The van der Waals surface area contributed by atoms with Crippen molar-refractivity contribution < 1.29 is 9.50 Å². The van der Waals surface area contributed by atoms with Crippen molar-refractivity contribution in [3.8, 4) is 0 Å². The average Bonchev–Trinajstić information content (AvgIpc) is 2.85. The molecule has 1 heterocycles. The first-order valence-electron chi connectivity index (χ1n) is 6.94. The molecule has 0 bridgehead atoms. The lowest BCUT2D eigenvalue weighted by Crippen LogP contribution is -2.32. The first kappa shape index (κ1) is 15.9. The van der Waals surface area contributed by atoms with E-state index in [1.165, 1.54) is 23.5 Å². The van der Waals surface area contributed by atoms with Crippen molar-refractivity contribution in [2.45, 2.75) is 26.9 Å². The van der Waals surface area contributed by atoms with Crippen LogP contribution < -0.4 is 4.90 Å². The number of aryl methyl sites for hydroxylation is 1. The van der Waals surface area contributed by atoms with Crippen molar-refractivity contribution in [1.29, 1.82) is 0 Å². The topological polar surface area (TPSA) is 49.2 Å². The van der Waals surface area contributed by atoms with Gasteiger partial charge in [0.1, 0.15) is 10.8 Å². The van der Waals surface area contributed by atoms with Gasteiger partial charge in [-0.3, -0.25) is 0 Å². The summed E-state index contributed by atoms with van der Waals surface area (Å²) < 4.78 is 12.9. The highest BCUT2D eigenvalue weighted by atomic mass is 32.1. The molecule has 0 aliphatic carbocycles. The molecule has 1 unspecified atom stereocenters. The van der Waals surface area contributed by atoms with Gasteiger partial charge in [0.05, 0.1) is 12.6 Å². The molecule has 2 rings (SSSR count). The van der Waals surface area contributed by atoms with Crippen molar-refractivity contribution >= 4 is 16.5 Å². The fourth-order valence-corrected chi connectivity index (χ4v) is 2.79. The van der Waals surface area contributed by atoms with Gasteiger partial charge >= 0.3 is 0 Å². The summed E-state index contributed by atoms with van der Waals surface area (Å²) in [4.78, 5) is 2.03. The molecule has 1 N–H and O–H groups in total. The SMILES string of the molecule is Cc1nnc(N(CC(C)C)CC(O)c2ccc(F)cc2)s1. The number of hydrogen-bond acceptors (Lipinski definition) is 5. The molecule has 0 amide bonds. The lowest BCUT2D eigenvalue weighted by molar-refractivity contribution is 0.182. The molecule has 0 saturated carbocycles. The Morgan fingerprint density at radius 2 is 1.86 bits per heavy atom. The minimum absolute atomic E-state index is 0.301. The Bertz CT molecular complexity index is 571. The molecular formula is C15H20FN3OS. The molecule has 21 heavy (non-hydrogen) atoms. The lowest BCUT2D eigenvalue weighted by Gasteiger charge is -2.26. The maximum atomic E-state index is 12.9. The van der Waals surface area contributed by atoms with Gasteiger partial charge in [0.2, 0.25) is 5.13 Å². The third-order valence-corrected chi connectivity index (χ3v) is 3.92. The van der Waals surface area contributed by atoms with E-state index in [0.29, 0.717) is 18.0 Å². The maximum Gasteiger partial charge on any atom is 0.208 e. The molecule has 6 heteroatoms. The summed E-state index contributed by atoms with van der Waals surface area (Å²) in [6.45, 7) is 7.34. The molecule has 0 spiro atoms. The molecular weight excluding hydrogens is 289 g/mol. The summed E-state index contributed by atoms with van der Waals surface area (Å²) in [6, 6.07) is 5.94. The number of nitrogens with zero attached hydrogens (tertiary/aromatic N) is 3. The summed E-state index contributed by atoms with van der Waals surface area (Å²) in [6.07, 6.45) is -0.687. The Labute approximate surface area is 128 Å². The van der Waals surface area contributed by atoms with Gasteiger partial charge in [-0.25, -0.2) is 4.39 Å². The maximum absolute atomic E-state index is 12.9. The smallest absolute Gasteiger partial charge is 0.208 e. The molecule has 0 saturated heterocycles. The summed E-state index contributed by atoms with van der Waals surface area (Å²) in [5.41, 5.74) is 0.700. The van der Waals surface area contributed by atoms with Crippen LogP contribution in [0.4, 0.5) is 9.52 Å². The number of aliphatic hydroxyl groups excluding tert-OH is 1. The number of aliphatic hydroxyl groups is 1. The van der Waals surface area contributed by atoms with Gasteiger partial charge < -0.3 is 10.0 Å². The van der Waals surface area contributed by atoms with E-state index in [1.54, 1.807) is 12.1 Å². The van der Waals surface area contributed by atoms with Crippen molar-refractivity contribution in [3.05, 3.63) is 40.7 Å². The van der Waals surface area contributed by atoms with Gasteiger partial charge in [-0.15, -0.1) is 10.2 Å². The van der Waals surface area contributed by atoms with Crippen molar-refractivity contribution in [2.75, 3.05) is 18.0 Å². The molecule has 2 aromatic rings. The highest BCUT2D eigenvalue weighted by Gasteiger charge is 2.18. The average molecular weight is 309 g/mol. The zero-order chi connectivity index (χ0) is 15.4. The summed E-state index contributed by atoms with van der Waals surface area (Å²) in [7, 11) is 0. The number of anilines is 1. The Balaban J connectivity index is 2.12. The number of rotatable bonds is 6. The Kier molecular flexibility index (Phi) is 5.25. The minimum Gasteiger partial charge on any atom is -0.387 e. The van der Waals surface area contributed by atoms with Crippen LogP contribution in [-0.4, -0.2) is 28.4 Å². The third kappa shape index (κ3) is 4.47. The second-order valence-corrected chi connectivity index (χ2v) is 6.63. The van der Waals surface area contributed by atoms with Crippen LogP contribution in [0.3, 0.4) is 0 Å². The summed E-state index contributed by atoms with van der Waals surface area (Å²) in [5.74, 6) is 0.138. The second-order valence-electron chi connectivity index (χ2n) is 5.47. The summed E-state index contributed by atoms with van der Waals surface area (Å²) >= 11 is 1.51. The number of aromatic nitrogens is 2. The van der Waals surface area contributed by atoms with E-state index < -0.39 is 6.10 Å². The first-order chi connectivity index (χ1) is 9.95. The van der Waals surface area contributed by atoms with Crippen LogP contribution in [0.15, 0.2) is 24.3 Å². The van der Waals surface area contributed by atoms with E-state index in [0.717, 1.165) is 16.7 Å². The number of hydrogen-bond donors (Lipinski definition) is 1. The van der Waals surface area contributed by atoms with Crippen molar-refractivity contribution in [1.82, 2.24) is 10.2 Å². The van der Waals surface area contributed by atoms with Gasteiger partial charge in [0.25, 0.3) is 0 Å². The van der Waals surface area contributed by atoms with Gasteiger partial charge in [-0.05, 0) is 30.5 Å². The monoisotopic (exact) mass is 309 g/mol. The van der Waals surface area contributed by atoms with Crippen LogP contribution in [0.25, 0.3) is 0 Å². The van der Waals surface area contributed by atoms with E-state index in [-0.39, 0.29) is 5.82 Å². The molecule has 1 aromatic carbocycles. The van der Waals surface area contributed by atoms with Crippen LogP contribution >= 0.6 is 11.3 Å². The zero-order valence-corrected chi connectivity index (χ0v) is 13.3. The van der Waals surface area contributed by atoms with Gasteiger partial charge in [-0.2, -0.15) is 0 Å². The second kappa shape index (κ2) is 6.95. The molecule has 1 aromatic heterocycles. The fraction of sp³-hybridized carbons (Fsp3) is 0.467. The predicted octanol–water partition coefficient (Wildman–Crippen LogP) is 3.18. The standard InChI is InChI=1S/C15H20FN3OS/c1-10(2)8-19(15-18-17-11(3)21-15)9-14(20)12-4-6-13(16)7-5-12/h4-7,10,14,20H,8-9H2,1-3H3. The highest BCUT2D eigenvalue weighted by molar-refractivity contribution is 7.15.